The molecule has 0 saturated carbocycles. The Morgan fingerprint density at radius 1 is 1.15 bits per heavy atom. The number of halogens is 1. The molecule has 0 fully saturated rings. The maximum absolute atomic E-state index is 13.0. The summed E-state index contributed by atoms with van der Waals surface area (Å²) < 4.78 is 6.49. The molecule has 1 aliphatic heterocycles. The Balaban J connectivity index is 1.60. The Morgan fingerprint density at radius 3 is 2.76 bits per heavy atom. The van der Waals surface area contributed by atoms with Crippen molar-refractivity contribution in [2.45, 2.75) is 57.9 Å². The van der Waals surface area contributed by atoms with E-state index in [0.29, 0.717) is 11.5 Å². The molecule has 4 nitrogen and oxygen atoms in total. The highest BCUT2D eigenvalue weighted by Crippen LogP contribution is 2.41. The second kappa shape index (κ2) is 10.1. The monoisotopic (exact) mass is 474 g/mol. The van der Waals surface area contributed by atoms with Crippen LogP contribution in [0.1, 0.15) is 72.4 Å². The maximum atomic E-state index is 13.0. The Morgan fingerprint density at radius 2 is 1.97 bits per heavy atom. The molecule has 2 aromatic carbocycles. The summed E-state index contributed by atoms with van der Waals surface area (Å²) in [5.74, 6) is 2.37. The van der Waals surface area contributed by atoms with Crippen LogP contribution in [0, 0.1) is 0 Å². The predicted octanol–water partition coefficient (Wildman–Crippen LogP) is 7.39. The van der Waals surface area contributed by atoms with Crippen LogP contribution in [0.2, 0.25) is 0 Å². The first kappa shape index (κ1) is 22.8. The SMILES string of the molecule is CCCC(Nc1ccccc1)c1c(C=C2C(=O)Nc3ccc(CCCl)cc32)oc2c1CCCC2. The molecule has 176 valence electrons. The molecule has 1 atom stereocenters. The molecule has 1 amide bonds. The van der Waals surface area contributed by atoms with Crippen LogP contribution in [0.3, 0.4) is 0 Å². The summed E-state index contributed by atoms with van der Waals surface area (Å²) in [6.07, 6.45) is 9.07. The number of aryl methyl sites for hydroxylation is 2. The highest BCUT2D eigenvalue weighted by Gasteiger charge is 2.30. The first-order chi connectivity index (χ1) is 16.7. The lowest BCUT2D eigenvalue weighted by Crippen LogP contribution is -2.14. The number of amides is 1. The van der Waals surface area contributed by atoms with Crippen molar-refractivity contribution in [3.63, 3.8) is 0 Å². The van der Waals surface area contributed by atoms with Crippen LogP contribution in [-0.4, -0.2) is 11.8 Å². The molecule has 5 rings (SSSR count). The van der Waals surface area contributed by atoms with Gasteiger partial charge in [-0.3, -0.25) is 4.79 Å². The minimum absolute atomic E-state index is 0.0820. The van der Waals surface area contributed by atoms with E-state index in [1.54, 1.807) is 0 Å². The molecule has 0 spiro atoms. The van der Waals surface area contributed by atoms with Crippen LogP contribution in [0.4, 0.5) is 11.4 Å². The maximum Gasteiger partial charge on any atom is 0.256 e. The van der Waals surface area contributed by atoms with Crippen molar-refractivity contribution in [1.82, 2.24) is 0 Å². The van der Waals surface area contributed by atoms with Gasteiger partial charge in [0.25, 0.3) is 5.91 Å². The highest BCUT2D eigenvalue weighted by molar-refractivity contribution is 6.34. The van der Waals surface area contributed by atoms with Crippen LogP contribution in [-0.2, 0) is 24.1 Å². The fourth-order valence-electron chi connectivity index (χ4n) is 5.19. The van der Waals surface area contributed by atoms with Gasteiger partial charge in [0.05, 0.1) is 11.6 Å². The molecule has 0 bridgehead atoms. The summed E-state index contributed by atoms with van der Waals surface area (Å²) in [6.45, 7) is 2.21. The molecule has 1 aliphatic carbocycles. The third-order valence-electron chi connectivity index (χ3n) is 6.81. The fourth-order valence-corrected chi connectivity index (χ4v) is 5.41. The molecular weight excluding hydrogens is 444 g/mol. The lowest BCUT2D eigenvalue weighted by Gasteiger charge is -2.22. The molecular formula is C29H31ClN2O2. The number of anilines is 2. The largest absolute Gasteiger partial charge is 0.461 e. The van der Waals surface area contributed by atoms with Crippen molar-refractivity contribution in [1.29, 1.82) is 0 Å². The van der Waals surface area contributed by atoms with Gasteiger partial charge in [-0.2, -0.15) is 0 Å². The van der Waals surface area contributed by atoms with Crippen LogP contribution >= 0.6 is 11.6 Å². The zero-order valence-electron chi connectivity index (χ0n) is 19.6. The third-order valence-corrected chi connectivity index (χ3v) is 7.00. The Bertz CT molecular complexity index is 1210. The number of benzene rings is 2. The predicted molar refractivity (Wildman–Crippen MR) is 140 cm³/mol. The van der Waals surface area contributed by atoms with E-state index in [1.165, 1.54) is 17.5 Å². The van der Waals surface area contributed by atoms with Crippen LogP contribution < -0.4 is 10.6 Å². The summed E-state index contributed by atoms with van der Waals surface area (Å²) in [5.41, 5.74) is 7.20. The quantitative estimate of drug-likeness (QED) is 0.264. The van der Waals surface area contributed by atoms with Gasteiger partial charge in [-0.05, 0) is 73.6 Å². The minimum Gasteiger partial charge on any atom is -0.461 e. The summed E-state index contributed by atoms with van der Waals surface area (Å²) in [7, 11) is 0. The number of hydrogen-bond acceptors (Lipinski definition) is 3. The molecule has 5 heteroatoms. The van der Waals surface area contributed by atoms with Crippen molar-refractivity contribution >= 4 is 40.5 Å². The minimum atomic E-state index is -0.0820. The van der Waals surface area contributed by atoms with Crippen molar-refractivity contribution in [2.75, 3.05) is 16.5 Å². The van der Waals surface area contributed by atoms with Gasteiger partial charge in [0.2, 0.25) is 0 Å². The second-order valence-electron chi connectivity index (χ2n) is 9.17. The molecule has 0 radical (unpaired) electrons. The van der Waals surface area contributed by atoms with Crippen molar-refractivity contribution in [2.24, 2.45) is 0 Å². The Kier molecular flexibility index (Phi) is 6.77. The van der Waals surface area contributed by atoms with Gasteiger partial charge < -0.3 is 15.1 Å². The zero-order valence-corrected chi connectivity index (χ0v) is 20.4. The number of para-hydroxylation sites is 1. The number of hydrogen-bond donors (Lipinski definition) is 2. The molecule has 2 N–H and O–H groups in total. The molecule has 2 aliphatic rings. The van der Waals surface area contributed by atoms with Crippen LogP contribution in [0.15, 0.2) is 52.9 Å². The molecule has 0 saturated heterocycles. The fraction of sp³-hybridized carbons (Fsp3) is 0.345. The Hall–Kier alpha value is -2.98. The molecule has 3 aromatic rings. The summed E-state index contributed by atoms with van der Waals surface area (Å²) >= 11 is 5.97. The number of alkyl halides is 1. The molecule has 2 heterocycles. The number of carbonyl (C=O) groups excluding carboxylic acids is 1. The molecule has 1 aromatic heterocycles. The lowest BCUT2D eigenvalue weighted by molar-refractivity contribution is -0.110. The van der Waals surface area contributed by atoms with E-state index in [9.17, 15) is 4.79 Å². The topological polar surface area (TPSA) is 54.3 Å². The number of rotatable bonds is 8. The number of nitrogens with one attached hydrogen (secondary N) is 2. The smallest absolute Gasteiger partial charge is 0.256 e. The van der Waals surface area contributed by atoms with E-state index in [-0.39, 0.29) is 11.9 Å². The van der Waals surface area contributed by atoms with Crippen LogP contribution in [0.25, 0.3) is 11.6 Å². The van der Waals surface area contributed by atoms with Gasteiger partial charge in [0.15, 0.2) is 0 Å². The van der Waals surface area contributed by atoms with Crippen molar-refractivity contribution in [3.05, 3.63) is 82.3 Å². The summed E-state index contributed by atoms with van der Waals surface area (Å²) in [5, 5.41) is 6.76. The summed E-state index contributed by atoms with van der Waals surface area (Å²) in [4.78, 5) is 13.0. The molecule has 34 heavy (non-hydrogen) atoms. The standard InChI is InChI=1S/C29H31ClN2O2/c1-2-8-25(31-20-9-4-3-5-10-20)28-21-11-6-7-12-26(21)34-27(28)18-23-22-17-19(15-16-30)13-14-24(22)32-29(23)33/h3-5,9-10,13-14,17-18,25,31H,2,6-8,11-12,15-16H2,1H3,(H,32,33). The van der Waals surface area contributed by atoms with E-state index in [4.69, 9.17) is 16.0 Å². The average molecular weight is 475 g/mol. The van der Waals surface area contributed by atoms with E-state index in [1.807, 2.05) is 24.3 Å². The first-order valence-corrected chi connectivity index (χ1v) is 12.9. The van der Waals surface area contributed by atoms with Gasteiger partial charge in [0.1, 0.15) is 11.5 Å². The summed E-state index contributed by atoms with van der Waals surface area (Å²) in [6, 6.07) is 16.5. The normalized spacial score (nSPS) is 16.8. The van der Waals surface area contributed by atoms with Crippen LogP contribution in [0.5, 0.6) is 0 Å². The van der Waals surface area contributed by atoms with E-state index in [2.05, 4.69) is 47.9 Å². The van der Waals surface area contributed by atoms with E-state index < -0.39 is 0 Å². The molecule has 1 unspecified atom stereocenters. The third kappa shape index (κ3) is 4.52. The number of fused-ring (bicyclic) bond motifs is 2. The highest BCUT2D eigenvalue weighted by atomic mass is 35.5. The zero-order chi connectivity index (χ0) is 23.5. The van der Waals surface area contributed by atoms with E-state index >= 15 is 0 Å². The van der Waals surface area contributed by atoms with E-state index in [0.717, 1.165) is 72.5 Å². The van der Waals surface area contributed by atoms with Gasteiger partial charge in [-0.1, -0.05) is 37.6 Å². The second-order valence-corrected chi connectivity index (χ2v) is 9.55. The first-order valence-electron chi connectivity index (χ1n) is 12.4. The average Bonchev–Trinajstić information content (AvgIpc) is 3.37. The van der Waals surface area contributed by atoms with Gasteiger partial charge in [0, 0.05) is 34.8 Å². The lowest BCUT2D eigenvalue weighted by atomic mass is 9.89. The number of furan rings is 1. The van der Waals surface area contributed by atoms with Crippen molar-refractivity contribution < 1.29 is 9.21 Å². The number of carbonyl (C=O) groups is 1. The van der Waals surface area contributed by atoms with Crippen molar-refractivity contribution in [3.8, 4) is 0 Å². The Labute approximate surface area is 206 Å². The van der Waals surface area contributed by atoms with Gasteiger partial charge in [-0.15, -0.1) is 11.6 Å². The van der Waals surface area contributed by atoms with Gasteiger partial charge >= 0.3 is 0 Å². The van der Waals surface area contributed by atoms with Gasteiger partial charge in [-0.25, -0.2) is 0 Å².